The summed E-state index contributed by atoms with van der Waals surface area (Å²) in [5.41, 5.74) is 11.8. The molecule has 1 aromatic heterocycles. The maximum Gasteiger partial charge on any atom is 0.0737 e. The molecule has 0 spiro atoms. The molecule has 1 heterocycles. The zero-order valence-corrected chi connectivity index (χ0v) is 10.9. The van der Waals surface area contributed by atoms with Gasteiger partial charge in [0.1, 0.15) is 0 Å². The van der Waals surface area contributed by atoms with E-state index in [0.717, 1.165) is 30.6 Å². The van der Waals surface area contributed by atoms with Crippen LogP contribution in [0.1, 0.15) is 28.8 Å². The van der Waals surface area contributed by atoms with Gasteiger partial charge < -0.3 is 5.73 Å². The zero-order valence-electron chi connectivity index (χ0n) is 10.9. The lowest BCUT2D eigenvalue weighted by Gasteiger charge is -2.10. The largest absolute Gasteiger partial charge is 0.330 e. The Kier molecular flexibility index (Phi) is 3.43. The molecule has 2 N–H and O–H groups in total. The summed E-state index contributed by atoms with van der Waals surface area (Å²) in [6.07, 6.45) is 2.07. The van der Waals surface area contributed by atoms with Crippen molar-refractivity contribution in [1.29, 1.82) is 0 Å². The fourth-order valence-corrected chi connectivity index (χ4v) is 2.39. The first-order chi connectivity index (χ1) is 8.11. The number of hydrogen-bond donors (Lipinski definition) is 1. The van der Waals surface area contributed by atoms with Gasteiger partial charge in [-0.15, -0.1) is 0 Å². The average molecular weight is 228 g/mol. The number of rotatable bonds is 3. The molecule has 0 saturated carbocycles. The number of hydrogen-bond acceptors (Lipinski definition) is 2. The molecule has 0 fully saturated rings. The summed E-state index contributed by atoms with van der Waals surface area (Å²) in [5.74, 6) is 0. The molecule has 0 unspecified atom stereocenters. The van der Waals surface area contributed by atoms with Gasteiger partial charge in [-0.2, -0.15) is 0 Å². The van der Waals surface area contributed by atoms with Crippen molar-refractivity contribution in [2.24, 2.45) is 5.73 Å². The number of pyridine rings is 1. The minimum absolute atomic E-state index is 0.744. The fraction of sp³-hybridized carbons (Fsp3) is 0.400. The van der Waals surface area contributed by atoms with Crippen molar-refractivity contribution in [2.75, 3.05) is 6.54 Å². The third-order valence-electron chi connectivity index (χ3n) is 3.11. The first-order valence-corrected chi connectivity index (χ1v) is 6.19. The highest BCUT2D eigenvalue weighted by atomic mass is 14.7. The van der Waals surface area contributed by atoms with Crippen LogP contribution in [-0.4, -0.2) is 11.5 Å². The van der Waals surface area contributed by atoms with Crippen LogP contribution in [0.2, 0.25) is 0 Å². The molecule has 2 aromatic rings. The number of nitrogens with zero attached hydrogens (tertiary/aromatic N) is 1. The van der Waals surface area contributed by atoms with E-state index in [1.165, 1.54) is 22.1 Å². The summed E-state index contributed by atoms with van der Waals surface area (Å²) in [6.45, 7) is 7.08. The SMILES string of the molecule is Cc1cc(C)c2nc(C)cc(CCCN)c2c1. The van der Waals surface area contributed by atoms with Crippen LogP contribution in [-0.2, 0) is 6.42 Å². The quantitative estimate of drug-likeness (QED) is 0.877. The molecule has 2 rings (SSSR count). The lowest BCUT2D eigenvalue weighted by atomic mass is 9.99. The molecule has 0 saturated heterocycles. The number of aryl methyl sites for hydroxylation is 4. The highest BCUT2D eigenvalue weighted by Gasteiger charge is 2.06. The van der Waals surface area contributed by atoms with Gasteiger partial charge in [-0.3, -0.25) is 4.98 Å². The summed E-state index contributed by atoms with van der Waals surface area (Å²) in [5, 5.41) is 1.29. The normalized spacial score (nSPS) is 11.1. The van der Waals surface area contributed by atoms with E-state index in [1.807, 2.05) is 0 Å². The second-order valence-corrected chi connectivity index (χ2v) is 4.79. The summed E-state index contributed by atoms with van der Waals surface area (Å²) in [4.78, 5) is 4.65. The molecule has 0 aliphatic heterocycles. The number of aromatic nitrogens is 1. The van der Waals surface area contributed by atoms with Crippen LogP contribution in [0.5, 0.6) is 0 Å². The van der Waals surface area contributed by atoms with E-state index < -0.39 is 0 Å². The third-order valence-corrected chi connectivity index (χ3v) is 3.11. The Hall–Kier alpha value is -1.41. The summed E-state index contributed by atoms with van der Waals surface area (Å²) in [7, 11) is 0. The molecule has 17 heavy (non-hydrogen) atoms. The molecular formula is C15H20N2. The Labute approximate surface area is 103 Å². The van der Waals surface area contributed by atoms with E-state index in [0.29, 0.717) is 0 Å². The topological polar surface area (TPSA) is 38.9 Å². The van der Waals surface area contributed by atoms with Gasteiger partial charge in [0.15, 0.2) is 0 Å². The zero-order chi connectivity index (χ0) is 12.4. The van der Waals surface area contributed by atoms with Gasteiger partial charge in [0.2, 0.25) is 0 Å². The second-order valence-electron chi connectivity index (χ2n) is 4.79. The summed E-state index contributed by atoms with van der Waals surface area (Å²) < 4.78 is 0. The lowest BCUT2D eigenvalue weighted by Crippen LogP contribution is -2.02. The van der Waals surface area contributed by atoms with Crippen molar-refractivity contribution in [3.63, 3.8) is 0 Å². The summed E-state index contributed by atoms with van der Waals surface area (Å²) >= 11 is 0. The maximum atomic E-state index is 5.60. The van der Waals surface area contributed by atoms with Crippen LogP contribution < -0.4 is 5.73 Å². The molecular weight excluding hydrogens is 208 g/mol. The molecule has 0 aliphatic carbocycles. The molecule has 0 bridgehead atoms. The molecule has 0 atom stereocenters. The Morgan fingerprint density at radius 2 is 1.88 bits per heavy atom. The highest BCUT2D eigenvalue weighted by Crippen LogP contribution is 2.24. The van der Waals surface area contributed by atoms with E-state index in [-0.39, 0.29) is 0 Å². The number of fused-ring (bicyclic) bond motifs is 1. The van der Waals surface area contributed by atoms with Crippen LogP contribution in [0.3, 0.4) is 0 Å². The minimum atomic E-state index is 0.744. The first kappa shape index (κ1) is 12.1. The lowest BCUT2D eigenvalue weighted by molar-refractivity contribution is 0.835. The van der Waals surface area contributed by atoms with Gasteiger partial charge in [0.05, 0.1) is 5.52 Å². The van der Waals surface area contributed by atoms with Gasteiger partial charge in [-0.05, 0) is 63.4 Å². The van der Waals surface area contributed by atoms with Gasteiger partial charge in [0, 0.05) is 11.1 Å². The fourth-order valence-electron chi connectivity index (χ4n) is 2.39. The molecule has 0 amide bonds. The standard InChI is InChI=1S/C15H20N2/c1-10-7-11(2)15-14(8-10)13(5-4-6-16)9-12(3)17-15/h7-9H,4-6,16H2,1-3H3. The maximum absolute atomic E-state index is 5.60. The Balaban J connectivity index is 2.64. The van der Waals surface area contributed by atoms with Crippen molar-refractivity contribution < 1.29 is 0 Å². The van der Waals surface area contributed by atoms with Crippen LogP contribution in [0.25, 0.3) is 10.9 Å². The van der Waals surface area contributed by atoms with Crippen molar-refractivity contribution >= 4 is 10.9 Å². The number of nitrogens with two attached hydrogens (primary N) is 1. The van der Waals surface area contributed by atoms with Gasteiger partial charge in [-0.25, -0.2) is 0 Å². The second kappa shape index (κ2) is 4.84. The highest BCUT2D eigenvalue weighted by molar-refractivity contribution is 5.86. The van der Waals surface area contributed by atoms with Crippen molar-refractivity contribution in [1.82, 2.24) is 4.98 Å². The van der Waals surface area contributed by atoms with E-state index in [2.05, 4.69) is 44.0 Å². The predicted molar refractivity (Wildman–Crippen MR) is 73.3 cm³/mol. The van der Waals surface area contributed by atoms with Crippen LogP contribution in [0, 0.1) is 20.8 Å². The van der Waals surface area contributed by atoms with E-state index in [9.17, 15) is 0 Å². The molecule has 2 nitrogen and oxygen atoms in total. The van der Waals surface area contributed by atoms with Crippen LogP contribution >= 0.6 is 0 Å². The van der Waals surface area contributed by atoms with Gasteiger partial charge in [0.25, 0.3) is 0 Å². The molecule has 2 heteroatoms. The first-order valence-electron chi connectivity index (χ1n) is 6.19. The number of benzene rings is 1. The van der Waals surface area contributed by atoms with Crippen molar-refractivity contribution in [3.05, 3.63) is 40.6 Å². The Morgan fingerprint density at radius 3 is 2.59 bits per heavy atom. The molecule has 0 aliphatic rings. The van der Waals surface area contributed by atoms with E-state index in [4.69, 9.17) is 5.73 Å². The smallest absolute Gasteiger partial charge is 0.0737 e. The summed E-state index contributed by atoms with van der Waals surface area (Å²) in [6, 6.07) is 6.62. The van der Waals surface area contributed by atoms with Crippen LogP contribution in [0.15, 0.2) is 18.2 Å². The predicted octanol–water partition coefficient (Wildman–Crippen LogP) is 3.05. The van der Waals surface area contributed by atoms with Gasteiger partial charge >= 0.3 is 0 Å². The average Bonchev–Trinajstić information content (AvgIpc) is 2.27. The van der Waals surface area contributed by atoms with Gasteiger partial charge in [-0.1, -0.05) is 11.6 Å². The van der Waals surface area contributed by atoms with E-state index >= 15 is 0 Å². The van der Waals surface area contributed by atoms with Crippen molar-refractivity contribution in [3.8, 4) is 0 Å². The Bertz CT molecular complexity index is 544. The molecule has 1 aromatic carbocycles. The monoisotopic (exact) mass is 228 g/mol. The van der Waals surface area contributed by atoms with E-state index in [1.54, 1.807) is 0 Å². The minimum Gasteiger partial charge on any atom is -0.330 e. The third kappa shape index (κ3) is 2.47. The van der Waals surface area contributed by atoms with Crippen LogP contribution in [0.4, 0.5) is 0 Å². The van der Waals surface area contributed by atoms with Crippen molar-refractivity contribution in [2.45, 2.75) is 33.6 Å². The molecule has 90 valence electrons. The molecule has 0 radical (unpaired) electrons. The Morgan fingerprint density at radius 1 is 1.12 bits per heavy atom.